The maximum Gasteiger partial charge on any atom is 0.263 e. The van der Waals surface area contributed by atoms with Gasteiger partial charge in [0.15, 0.2) is 6.10 Å². The number of likely N-dealkylation sites (tertiary alicyclic amines) is 1. The summed E-state index contributed by atoms with van der Waals surface area (Å²) in [5.41, 5.74) is 4.21. The Kier molecular flexibility index (Phi) is 5.71. The lowest BCUT2D eigenvalue weighted by Crippen LogP contribution is -2.49. The molecule has 2 N–H and O–H groups in total. The maximum absolute atomic E-state index is 13.5. The molecule has 2 aromatic carbocycles. The summed E-state index contributed by atoms with van der Waals surface area (Å²) in [6.07, 6.45) is 4.25. The molecular formula is C28H25Cl2N3O3. The number of amides is 1. The molecule has 2 aliphatic rings. The molecule has 0 saturated carbocycles. The van der Waals surface area contributed by atoms with Crippen molar-refractivity contribution in [2.75, 3.05) is 13.1 Å². The Morgan fingerprint density at radius 1 is 1.14 bits per heavy atom. The highest BCUT2D eigenvalue weighted by Crippen LogP contribution is 2.44. The standard InChI is InChI=1S/C28H25Cl2N3O3/c1-16-2-3-22(23(30)12-16)28(35)6-10-33(11-7-28)27(34)24-14-17-13-18(29)15-21(25(17)36-24)19-4-8-31-26-20(19)5-9-32-26/h2-5,8-9,12-13,15,24,35H,6-7,10-11,14H2,1H3,(H,31,32). The number of carbonyl (C=O) groups is 1. The van der Waals surface area contributed by atoms with Crippen LogP contribution >= 0.6 is 23.2 Å². The zero-order valence-electron chi connectivity index (χ0n) is 19.7. The van der Waals surface area contributed by atoms with Gasteiger partial charge in [0, 0.05) is 64.0 Å². The summed E-state index contributed by atoms with van der Waals surface area (Å²) in [7, 11) is 0. The number of ether oxygens (including phenoxy) is 1. The topological polar surface area (TPSA) is 78.5 Å². The minimum absolute atomic E-state index is 0.0770. The molecule has 0 aliphatic carbocycles. The zero-order valence-corrected chi connectivity index (χ0v) is 21.2. The molecule has 1 fully saturated rings. The van der Waals surface area contributed by atoms with Gasteiger partial charge in [0.1, 0.15) is 11.4 Å². The lowest BCUT2D eigenvalue weighted by molar-refractivity contribution is -0.142. The number of nitrogens with zero attached hydrogens (tertiary/aromatic N) is 2. The van der Waals surface area contributed by atoms with Crippen molar-refractivity contribution in [3.63, 3.8) is 0 Å². The first kappa shape index (κ1) is 23.3. The minimum Gasteiger partial charge on any atom is -0.479 e. The third-order valence-corrected chi connectivity index (χ3v) is 7.88. The molecule has 6 nitrogen and oxygen atoms in total. The van der Waals surface area contributed by atoms with E-state index in [4.69, 9.17) is 27.9 Å². The smallest absolute Gasteiger partial charge is 0.263 e. The van der Waals surface area contributed by atoms with Crippen LogP contribution in [0.3, 0.4) is 0 Å². The monoisotopic (exact) mass is 521 g/mol. The van der Waals surface area contributed by atoms with Gasteiger partial charge in [0.2, 0.25) is 0 Å². The second-order valence-electron chi connectivity index (χ2n) is 9.69. The first-order valence-electron chi connectivity index (χ1n) is 12.0. The number of pyridine rings is 1. The van der Waals surface area contributed by atoms with Crippen molar-refractivity contribution < 1.29 is 14.6 Å². The van der Waals surface area contributed by atoms with Gasteiger partial charge in [-0.05, 0) is 61.2 Å². The quantitative estimate of drug-likeness (QED) is 0.364. The zero-order chi connectivity index (χ0) is 25.0. The molecule has 1 saturated heterocycles. The van der Waals surface area contributed by atoms with Crippen molar-refractivity contribution >= 4 is 40.1 Å². The van der Waals surface area contributed by atoms with Crippen LogP contribution in [0.5, 0.6) is 5.75 Å². The molecule has 0 bridgehead atoms. The van der Waals surface area contributed by atoms with Crippen molar-refractivity contribution in [2.24, 2.45) is 0 Å². The summed E-state index contributed by atoms with van der Waals surface area (Å²) >= 11 is 12.9. The highest BCUT2D eigenvalue weighted by molar-refractivity contribution is 6.31. The van der Waals surface area contributed by atoms with E-state index >= 15 is 0 Å². The number of nitrogens with one attached hydrogen (secondary N) is 1. The average Bonchev–Trinajstić information content (AvgIpc) is 3.50. The second kappa shape index (κ2) is 8.80. The average molecular weight is 522 g/mol. The van der Waals surface area contributed by atoms with Crippen molar-refractivity contribution in [1.82, 2.24) is 14.9 Å². The van der Waals surface area contributed by atoms with E-state index in [2.05, 4.69) is 9.97 Å². The Balaban J connectivity index is 1.22. The van der Waals surface area contributed by atoms with E-state index in [-0.39, 0.29) is 5.91 Å². The van der Waals surface area contributed by atoms with Gasteiger partial charge in [-0.15, -0.1) is 0 Å². The van der Waals surface area contributed by atoms with Gasteiger partial charge in [-0.1, -0.05) is 35.3 Å². The Morgan fingerprint density at radius 3 is 2.72 bits per heavy atom. The summed E-state index contributed by atoms with van der Waals surface area (Å²) in [6, 6.07) is 13.4. The number of benzene rings is 2. The van der Waals surface area contributed by atoms with Crippen molar-refractivity contribution in [1.29, 1.82) is 0 Å². The molecule has 4 aromatic rings. The number of aromatic nitrogens is 2. The van der Waals surface area contributed by atoms with Gasteiger partial charge in [-0.2, -0.15) is 0 Å². The van der Waals surface area contributed by atoms with Crippen LogP contribution in [-0.4, -0.2) is 45.1 Å². The Labute approximate surface area is 218 Å². The van der Waals surface area contributed by atoms with Gasteiger partial charge in [0.05, 0.1) is 5.60 Å². The van der Waals surface area contributed by atoms with E-state index in [1.54, 1.807) is 11.1 Å². The molecule has 8 heteroatoms. The Bertz CT molecular complexity index is 1490. The number of aryl methyl sites for hydroxylation is 1. The summed E-state index contributed by atoms with van der Waals surface area (Å²) in [6.45, 7) is 2.82. The van der Waals surface area contributed by atoms with E-state index in [1.807, 2.05) is 55.6 Å². The van der Waals surface area contributed by atoms with Crippen LogP contribution in [0.15, 0.2) is 54.9 Å². The Hall–Kier alpha value is -3.06. The predicted octanol–water partition coefficient (Wildman–Crippen LogP) is 5.66. The third kappa shape index (κ3) is 3.94. The van der Waals surface area contributed by atoms with Crippen LogP contribution in [0.1, 0.15) is 29.5 Å². The number of halogens is 2. The van der Waals surface area contributed by atoms with Crippen LogP contribution < -0.4 is 4.74 Å². The first-order chi connectivity index (χ1) is 17.3. The molecular weight excluding hydrogens is 497 g/mol. The van der Waals surface area contributed by atoms with Crippen LogP contribution in [0.25, 0.3) is 22.2 Å². The van der Waals surface area contributed by atoms with Crippen LogP contribution in [0.4, 0.5) is 0 Å². The van der Waals surface area contributed by atoms with E-state index in [0.717, 1.165) is 38.9 Å². The SMILES string of the molecule is Cc1ccc(C2(O)CCN(C(=O)C3Cc4cc(Cl)cc(-c5ccnc6[nH]ccc56)c4O3)CC2)c(Cl)c1. The van der Waals surface area contributed by atoms with E-state index in [9.17, 15) is 9.90 Å². The number of fused-ring (bicyclic) bond motifs is 2. The lowest BCUT2D eigenvalue weighted by Gasteiger charge is -2.39. The molecule has 4 heterocycles. The van der Waals surface area contributed by atoms with Crippen molar-refractivity contribution in [3.05, 3.63) is 81.6 Å². The fraction of sp³-hybridized carbons (Fsp3) is 0.286. The predicted molar refractivity (Wildman–Crippen MR) is 141 cm³/mol. The molecule has 1 atom stereocenters. The number of hydrogen-bond acceptors (Lipinski definition) is 4. The molecule has 1 unspecified atom stereocenters. The molecule has 0 spiro atoms. The normalized spacial score (nSPS) is 18.8. The molecule has 6 rings (SSSR count). The maximum atomic E-state index is 13.5. The second-order valence-corrected chi connectivity index (χ2v) is 10.5. The third-order valence-electron chi connectivity index (χ3n) is 7.35. The van der Waals surface area contributed by atoms with Crippen molar-refractivity contribution in [3.8, 4) is 16.9 Å². The van der Waals surface area contributed by atoms with Gasteiger partial charge in [-0.3, -0.25) is 4.79 Å². The van der Waals surface area contributed by atoms with Gasteiger partial charge >= 0.3 is 0 Å². The highest BCUT2D eigenvalue weighted by atomic mass is 35.5. The molecule has 0 radical (unpaired) electrons. The van der Waals surface area contributed by atoms with Crippen LogP contribution in [0, 0.1) is 6.92 Å². The summed E-state index contributed by atoms with van der Waals surface area (Å²) in [5.74, 6) is 0.609. The fourth-order valence-corrected chi connectivity index (χ4v) is 6.08. The number of carbonyl (C=O) groups excluding carboxylic acids is 1. The largest absolute Gasteiger partial charge is 0.479 e. The van der Waals surface area contributed by atoms with E-state index < -0.39 is 11.7 Å². The Morgan fingerprint density at radius 2 is 1.94 bits per heavy atom. The molecule has 184 valence electrons. The van der Waals surface area contributed by atoms with Crippen molar-refractivity contribution in [2.45, 2.75) is 37.9 Å². The summed E-state index contributed by atoms with van der Waals surface area (Å²) < 4.78 is 6.29. The number of aromatic amines is 1. The number of H-pyrrole nitrogens is 1. The minimum atomic E-state index is -1.05. The van der Waals surface area contributed by atoms with Gasteiger partial charge in [-0.25, -0.2) is 4.98 Å². The molecule has 36 heavy (non-hydrogen) atoms. The summed E-state index contributed by atoms with van der Waals surface area (Å²) in [5, 5.41) is 13.4. The molecule has 2 aliphatic heterocycles. The van der Waals surface area contributed by atoms with Crippen LogP contribution in [0.2, 0.25) is 10.0 Å². The first-order valence-corrected chi connectivity index (χ1v) is 12.8. The van der Waals surface area contributed by atoms with E-state index in [0.29, 0.717) is 48.1 Å². The lowest BCUT2D eigenvalue weighted by atomic mass is 9.84. The summed E-state index contributed by atoms with van der Waals surface area (Å²) in [4.78, 5) is 22.8. The fourth-order valence-electron chi connectivity index (χ4n) is 5.43. The van der Waals surface area contributed by atoms with Gasteiger partial charge in [0.25, 0.3) is 5.91 Å². The number of hydrogen-bond donors (Lipinski definition) is 2. The highest BCUT2D eigenvalue weighted by Gasteiger charge is 2.40. The van der Waals surface area contributed by atoms with E-state index in [1.165, 1.54) is 0 Å². The van der Waals surface area contributed by atoms with Crippen LogP contribution in [-0.2, 0) is 16.8 Å². The van der Waals surface area contributed by atoms with Gasteiger partial charge < -0.3 is 19.7 Å². The number of rotatable bonds is 3. The number of piperidine rings is 1. The molecule has 1 amide bonds. The molecule has 2 aromatic heterocycles. The number of aliphatic hydroxyl groups is 1.